The Labute approximate surface area is 130 Å². The first-order valence-electron chi connectivity index (χ1n) is 6.16. The Kier molecular flexibility index (Phi) is 6.92. The number of alkyl halides is 5. The lowest BCUT2D eigenvalue weighted by Crippen LogP contribution is -2.50. The third kappa shape index (κ3) is 7.22. The van der Waals surface area contributed by atoms with Gasteiger partial charge in [0.2, 0.25) is 0 Å². The van der Waals surface area contributed by atoms with Crippen LogP contribution in [-0.2, 0) is 20.4 Å². The predicted molar refractivity (Wildman–Crippen MR) is 68.8 cm³/mol. The Balaban J connectivity index is 0.000000502. The molecule has 0 bridgehead atoms. The summed E-state index contributed by atoms with van der Waals surface area (Å²) >= 11 is 0. The summed E-state index contributed by atoms with van der Waals surface area (Å²) in [6, 6.07) is 0. The van der Waals surface area contributed by atoms with Gasteiger partial charge in [0, 0.05) is 0 Å². The zero-order chi connectivity index (χ0) is 18.7. The average Bonchev–Trinajstić information content (AvgIpc) is 2.24. The molecule has 140 valence electrons. The molecule has 1 rings (SSSR count). The number of quaternary nitrogens is 1. The summed E-state index contributed by atoms with van der Waals surface area (Å²) in [5.74, 6) is 0. The molecule has 0 aromatic heterocycles. The summed E-state index contributed by atoms with van der Waals surface area (Å²) < 4.78 is 110. The molecule has 0 radical (unpaired) electrons. The Hall–Kier alpha value is -0.600. The third-order valence-corrected chi connectivity index (χ3v) is 5.48. The maximum absolute atomic E-state index is 12.0. The van der Waals surface area contributed by atoms with Crippen LogP contribution in [0, 0.1) is 0 Å². The van der Waals surface area contributed by atoms with E-state index in [1.165, 1.54) is 36.8 Å². The maximum Gasteiger partial charge on any atom is 0.471 e. The molecule has 0 unspecified atom stereocenters. The van der Waals surface area contributed by atoms with E-state index in [4.69, 9.17) is 0 Å². The van der Waals surface area contributed by atoms with Crippen molar-refractivity contribution in [1.82, 2.24) is 4.13 Å². The number of piperidine rings is 1. The van der Waals surface area contributed by atoms with E-state index in [0.717, 1.165) is 0 Å². The second-order valence-corrected chi connectivity index (χ2v) is 8.54. The molecule has 0 aromatic carbocycles. The molecule has 1 aliphatic heterocycles. The summed E-state index contributed by atoms with van der Waals surface area (Å²) in [6.07, 6.45) is -2.23. The zero-order valence-electron chi connectivity index (χ0n) is 12.2. The van der Waals surface area contributed by atoms with Gasteiger partial charge < -0.3 is 4.48 Å². The minimum atomic E-state index is -6.75. The van der Waals surface area contributed by atoms with E-state index in [1.54, 1.807) is 0 Å². The number of sulfonamides is 1. The number of hydrogen-bond acceptors (Lipinski definition) is 4. The quantitative estimate of drug-likeness (QED) is 0.446. The summed E-state index contributed by atoms with van der Waals surface area (Å²) in [7, 11) is -8.35. The topological polar surface area (TPSA) is 80.3 Å². The van der Waals surface area contributed by atoms with Crippen LogP contribution in [0.25, 0.3) is 0 Å². The lowest BCUT2D eigenvalue weighted by Gasteiger charge is -2.33. The van der Waals surface area contributed by atoms with E-state index >= 15 is 0 Å². The third-order valence-electron chi connectivity index (χ3n) is 2.90. The molecule has 23 heavy (non-hydrogen) atoms. The van der Waals surface area contributed by atoms with Crippen LogP contribution in [-0.4, -0.2) is 59.9 Å². The molecule has 0 amide bonds. The van der Waals surface area contributed by atoms with Gasteiger partial charge in [0.1, 0.15) is 0 Å². The SMILES string of the molecule is C[N+]1(C)CCCCC1.O=S(=O)(F)NS(=O)(=O)C(F)(F)C(F)(F)F. The first-order valence-corrected chi connectivity index (χ1v) is 9.02. The summed E-state index contributed by atoms with van der Waals surface area (Å²) in [5.41, 5.74) is 0. The Morgan fingerprint density at radius 1 is 0.870 bits per heavy atom. The smallest absolute Gasteiger partial charge is 0.328 e. The van der Waals surface area contributed by atoms with Crippen molar-refractivity contribution in [2.24, 2.45) is 0 Å². The fourth-order valence-electron chi connectivity index (χ4n) is 1.70. The van der Waals surface area contributed by atoms with Crippen molar-refractivity contribution in [2.45, 2.75) is 30.7 Å². The number of nitrogens with one attached hydrogen (secondary N) is 1. The van der Waals surface area contributed by atoms with E-state index in [9.17, 15) is 42.7 Å². The van der Waals surface area contributed by atoms with E-state index in [0.29, 0.717) is 0 Å². The normalized spacial score (nSPS) is 19.7. The molecule has 1 fully saturated rings. The summed E-state index contributed by atoms with van der Waals surface area (Å²) in [6.45, 7) is 2.78. The number of nitrogens with zero attached hydrogens (tertiary/aromatic N) is 1. The molecule has 6 nitrogen and oxygen atoms in total. The molecule has 1 aliphatic rings. The van der Waals surface area contributed by atoms with Crippen molar-refractivity contribution in [3.63, 3.8) is 0 Å². The van der Waals surface area contributed by atoms with Crippen LogP contribution in [0.15, 0.2) is 0 Å². The molecule has 1 heterocycles. The van der Waals surface area contributed by atoms with Crippen LogP contribution in [0.2, 0.25) is 0 Å². The van der Waals surface area contributed by atoms with Crippen LogP contribution in [0.1, 0.15) is 19.3 Å². The standard InChI is InChI=1S/C7H16N.C2HF6NO4S2/c1-8(2)6-4-3-5-7-8;3-1(4,5)2(6,7)14(10,11)9-15(8,12)13/h3-7H2,1-2H3;9H/q+1;. The largest absolute Gasteiger partial charge is 0.471 e. The molecular weight excluding hydrogens is 378 g/mol. The number of halogens is 6. The van der Waals surface area contributed by atoms with Gasteiger partial charge in [-0.2, -0.15) is 30.4 Å². The van der Waals surface area contributed by atoms with Crippen LogP contribution < -0.4 is 4.13 Å². The molecule has 0 aromatic rings. The number of likely N-dealkylation sites (tertiary alicyclic amines) is 1. The Morgan fingerprint density at radius 3 is 1.48 bits per heavy atom. The maximum atomic E-state index is 12.0. The van der Waals surface area contributed by atoms with E-state index in [2.05, 4.69) is 14.1 Å². The molecule has 0 aliphatic carbocycles. The van der Waals surface area contributed by atoms with Gasteiger partial charge in [0.25, 0.3) is 0 Å². The molecule has 1 N–H and O–H groups in total. The number of hydrogen-bond donors (Lipinski definition) is 1. The van der Waals surface area contributed by atoms with Crippen molar-refractivity contribution in [1.29, 1.82) is 0 Å². The van der Waals surface area contributed by atoms with Gasteiger partial charge in [-0.3, -0.25) is 0 Å². The first kappa shape index (κ1) is 22.4. The van der Waals surface area contributed by atoms with Gasteiger partial charge in [-0.15, -0.1) is 0 Å². The van der Waals surface area contributed by atoms with Gasteiger partial charge in [-0.1, -0.05) is 8.01 Å². The molecule has 1 saturated heterocycles. The highest BCUT2D eigenvalue weighted by molar-refractivity contribution is 8.03. The molecule has 0 spiro atoms. The van der Waals surface area contributed by atoms with Gasteiger partial charge in [-0.25, -0.2) is 8.42 Å². The fraction of sp³-hybridized carbons (Fsp3) is 1.00. The fourth-order valence-corrected chi connectivity index (χ4v) is 3.48. The van der Waals surface area contributed by atoms with Gasteiger partial charge in [0.05, 0.1) is 27.2 Å². The van der Waals surface area contributed by atoms with Crippen molar-refractivity contribution in [3.05, 3.63) is 0 Å². The van der Waals surface area contributed by atoms with E-state index in [1.807, 2.05) is 0 Å². The lowest BCUT2D eigenvalue weighted by atomic mass is 10.1. The first-order chi connectivity index (χ1) is 9.91. The second-order valence-electron chi connectivity index (χ2n) is 5.48. The van der Waals surface area contributed by atoms with Gasteiger partial charge in [-0.05, 0) is 19.3 Å². The monoisotopic (exact) mass is 395 g/mol. The van der Waals surface area contributed by atoms with Crippen molar-refractivity contribution in [2.75, 3.05) is 27.2 Å². The Morgan fingerprint density at radius 2 is 1.26 bits per heavy atom. The highest BCUT2D eigenvalue weighted by Crippen LogP contribution is 2.39. The Bertz CT molecular complexity index is 592. The molecular formula is C9H17F6N2O4S2+. The van der Waals surface area contributed by atoms with Crippen molar-refractivity contribution < 1.29 is 47.2 Å². The van der Waals surface area contributed by atoms with Gasteiger partial charge in [0.15, 0.2) is 0 Å². The van der Waals surface area contributed by atoms with Crippen molar-refractivity contribution >= 4 is 20.4 Å². The number of rotatable bonds is 3. The highest BCUT2D eigenvalue weighted by atomic mass is 32.3. The van der Waals surface area contributed by atoms with E-state index in [-0.39, 0.29) is 0 Å². The molecule has 14 heteroatoms. The zero-order valence-corrected chi connectivity index (χ0v) is 13.8. The summed E-state index contributed by atoms with van der Waals surface area (Å²) in [5, 5.41) is -6.42. The predicted octanol–water partition coefficient (Wildman–Crippen LogP) is 1.52. The highest BCUT2D eigenvalue weighted by Gasteiger charge is 2.68. The molecule has 0 atom stereocenters. The van der Waals surface area contributed by atoms with Crippen molar-refractivity contribution in [3.8, 4) is 0 Å². The minimum Gasteiger partial charge on any atom is -0.328 e. The van der Waals surface area contributed by atoms with Crippen LogP contribution >= 0.6 is 0 Å². The summed E-state index contributed by atoms with van der Waals surface area (Å²) in [4.78, 5) is 0. The average molecular weight is 395 g/mol. The van der Waals surface area contributed by atoms with E-state index < -0.39 is 36.0 Å². The second kappa shape index (κ2) is 7.11. The van der Waals surface area contributed by atoms with Crippen LogP contribution in [0.5, 0.6) is 0 Å². The van der Waals surface area contributed by atoms with Crippen LogP contribution in [0.4, 0.5) is 25.8 Å². The minimum absolute atomic E-state index is 0.450. The van der Waals surface area contributed by atoms with Gasteiger partial charge >= 0.3 is 31.9 Å². The lowest BCUT2D eigenvalue weighted by molar-refractivity contribution is -0.894. The van der Waals surface area contributed by atoms with Crippen LogP contribution in [0.3, 0.4) is 0 Å². The molecule has 0 saturated carbocycles.